The summed E-state index contributed by atoms with van der Waals surface area (Å²) in [5.41, 5.74) is 5.35. The molecule has 1 rings (SSSR count). The SMILES string of the molecule is CC(NS(=O)(=O)c1ccc(Cl)cc1)C(=O)NCCCCN. The maximum absolute atomic E-state index is 12.1. The van der Waals surface area contributed by atoms with Gasteiger partial charge in [-0.05, 0) is 50.6 Å². The second-order valence-electron chi connectivity index (χ2n) is 4.58. The molecule has 1 amide bonds. The van der Waals surface area contributed by atoms with E-state index in [2.05, 4.69) is 10.0 Å². The highest BCUT2D eigenvalue weighted by atomic mass is 35.5. The second kappa shape index (κ2) is 8.33. The molecule has 0 saturated heterocycles. The molecule has 21 heavy (non-hydrogen) atoms. The van der Waals surface area contributed by atoms with E-state index in [0.29, 0.717) is 18.1 Å². The third-order valence-corrected chi connectivity index (χ3v) is 4.59. The Bertz CT molecular complexity index is 561. The van der Waals surface area contributed by atoms with Gasteiger partial charge in [0.2, 0.25) is 15.9 Å². The van der Waals surface area contributed by atoms with Crippen molar-refractivity contribution in [2.45, 2.75) is 30.7 Å². The van der Waals surface area contributed by atoms with Crippen LogP contribution in [0.5, 0.6) is 0 Å². The number of sulfonamides is 1. The van der Waals surface area contributed by atoms with E-state index in [-0.39, 0.29) is 10.8 Å². The number of hydrogen-bond acceptors (Lipinski definition) is 4. The van der Waals surface area contributed by atoms with E-state index >= 15 is 0 Å². The smallest absolute Gasteiger partial charge is 0.241 e. The van der Waals surface area contributed by atoms with Gasteiger partial charge in [0.15, 0.2) is 0 Å². The quantitative estimate of drug-likeness (QED) is 0.614. The van der Waals surface area contributed by atoms with Crippen molar-refractivity contribution in [2.75, 3.05) is 13.1 Å². The molecule has 1 unspecified atom stereocenters. The third kappa shape index (κ3) is 6.01. The number of carbonyl (C=O) groups is 1. The van der Waals surface area contributed by atoms with Gasteiger partial charge >= 0.3 is 0 Å². The largest absolute Gasteiger partial charge is 0.355 e. The predicted octanol–water partition coefficient (Wildman–Crippen LogP) is 0.862. The molecule has 0 aliphatic rings. The van der Waals surface area contributed by atoms with Gasteiger partial charge in [0.1, 0.15) is 0 Å². The van der Waals surface area contributed by atoms with Crippen molar-refractivity contribution in [1.82, 2.24) is 10.0 Å². The molecule has 6 nitrogen and oxygen atoms in total. The number of halogens is 1. The first kappa shape index (κ1) is 17.9. The number of amides is 1. The Morgan fingerprint density at radius 2 is 1.90 bits per heavy atom. The van der Waals surface area contributed by atoms with Gasteiger partial charge in [0.25, 0.3) is 0 Å². The number of carbonyl (C=O) groups excluding carboxylic acids is 1. The van der Waals surface area contributed by atoms with Crippen LogP contribution in [0.15, 0.2) is 29.2 Å². The molecule has 8 heteroatoms. The Labute approximate surface area is 130 Å². The highest BCUT2D eigenvalue weighted by Gasteiger charge is 2.21. The lowest BCUT2D eigenvalue weighted by atomic mass is 10.3. The highest BCUT2D eigenvalue weighted by Crippen LogP contribution is 2.14. The zero-order valence-corrected chi connectivity index (χ0v) is 13.4. The molecule has 0 aliphatic heterocycles. The molecular formula is C13H20ClN3O3S. The van der Waals surface area contributed by atoms with E-state index in [1.807, 2.05) is 0 Å². The van der Waals surface area contributed by atoms with Crippen molar-refractivity contribution in [3.8, 4) is 0 Å². The normalized spacial score (nSPS) is 12.9. The topological polar surface area (TPSA) is 101 Å². The highest BCUT2D eigenvalue weighted by molar-refractivity contribution is 7.89. The Morgan fingerprint density at radius 3 is 2.48 bits per heavy atom. The van der Waals surface area contributed by atoms with Crippen LogP contribution >= 0.6 is 11.6 Å². The van der Waals surface area contributed by atoms with Crippen LogP contribution in [0.3, 0.4) is 0 Å². The zero-order chi connectivity index (χ0) is 15.9. The van der Waals surface area contributed by atoms with Crippen LogP contribution in [0, 0.1) is 0 Å². The minimum absolute atomic E-state index is 0.0645. The van der Waals surface area contributed by atoms with Gasteiger partial charge in [-0.1, -0.05) is 11.6 Å². The molecule has 0 aliphatic carbocycles. The Morgan fingerprint density at radius 1 is 1.29 bits per heavy atom. The molecule has 0 bridgehead atoms. The molecule has 0 radical (unpaired) electrons. The van der Waals surface area contributed by atoms with Gasteiger partial charge in [0.05, 0.1) is 10.9 Å². The van der Waals surface area contributed by atoms with Crippen LogP contribution in [-0.4, -0.2) is 33.5 Å². The van der Waals surface area contributed by atoms with Gasteiger partial charge in [-0.15, -0.1) is 0 Å². The summed E-state index contributed by atoms with van der Waals surface area (Å²) in [7, 11) is -3.75. The molecule has 1 aromatic carbocycles. The molecule has 0 spiro atoms. The molecule has 0 fully saturated rings. The van der Waals surface area contributed by atoms with E-state index in [4.69, 9.17) is 17.3 Å². The van der Waals surface area contributed by atoms with Gasteiger partial charge in [-0.2, -0.15) is 4.72 Å². The summed E-state index contributed by atoms with van der Waals surface area (Å²) in [4.78, 5) is 11.8. The molecule has 1 aromatic rings. The summed E-state index contributed by atoms with van der Waals surface area (Å²) in [5.74, 6) is -0.371. The van der Waals surface area contributed by atoms with Crippen LogP contribution in [-0.2, 0) is 14.8 Å². The Kier molecular flexibility index (Phi) is 7.10. The lowest BCUT2D eigenvalue weighted by Crippen LogP contribution is -2.45. The molecule has 118 valence electrons. The Hall–Kier alpha value is -1.15. The summed E-state index contributed by atoms with van der Waals surface area (Å²) in [6.07, 6.45) is 1.57. The van der Waals surface area contributed by atoms with E-state index in [1.54, 1.807) is 0 Å². The van der Waals surface area contributed by atoms with Gasteiger partial charge in [-0.25, -0.2) is 8.42 Å². The standard InChI is InChI=1S/C13H20ClN3O3S/c1-10(13(18)16-9-3-2-8-15)17-21(19,20)12-6-4-11(14)5-7-12/h4-7,10,17H,2-3,8-9,15H2,1H3,(H,16,18). The molecule has 0 aromatic heterocycles. The first-order chi connectivity index (χ1) is 9.86. The first-order valence-corrected chi connectivity index (χ1v) is 8.48. The molecule has 4 N–H and O–H groups in total. The minimum atomic E-state index is -3.75. The monoisotopic (exact) mass is 333 g/mol. The Balaban J connectivity index is 2.58. The maximum atomic E-state index is 12.1. The molecule has 1 atom stereocenters. The van der Waals surface area contributed by atoms with E-state index < -0.39 is 16.1 Å². The molecule has 0 saturated carbocycles. The van der Waals surface area contributed by atoms with Crippen molar-refractivity contribution in [1.29, 1.82) is 0 Å². The third-order valence-electron chi connectivity index (χ3n) is 2.78. The average Bonchev–Trinajstić information content (AvgIpc) is 2.43. The number of hydrogen-bond donors (Lipinski definition) is 3. The van der Waals surface area contributed by atoms with Crippen LogP contribution in [0.2, 0.25) is 5.02 Å². The first-order valence-electron chi connectivity index (χ1n) is 6.62. The van der Waals surface area contributed by atoms with Crippen molar-refractivity contribution in [3.05, 3.63) is 29.3 Å². The summed E-state index contributed by atoms with van der Waals surface area (Å²) in [6, 6.07) is 4.87. The molecular weight excluding hydrogens is 314 g/mol. The van der Waals surface area contributed by atoms with Crippen molar-refractivity contribution < 1.29 is 13.2 Å². The zero-order valence-electron chi connectivity index (χ0n) is 11.8. The summed E-state index contributed by atoms with van der Waals surface area (Å²) in [5, 5.41) is 3.10. The van der Waals surface area contributed by atoms with Crippen LogP contribution < -0.4 is 15.8 Å². The lowest BCUT2D eigenvalue weighted by molar-refractivity contribution is -0.122. The van der Waals surface area contributed by atoms with Crippen molar-refractivity contribution in [2.24, 2.45) is 5.73 Å². The van der Waals surface area contributed by atoms with Gasteiger partial charge < -0.3 is 11.1 Å². The van der Waals surface area contributed by atoms with Crippen molar-refractivity contribution >= 4 is 27.5 Å². The fourth-order valence-electron chi connectivity index (χ4n) is 1.60. The van der Waals surface area contributed by atoms with Crippen LogP contribution in [0.25, 0.3) is 0 Å². The number of rotatable bonds is 8. The number of nitrogens with one attached hydrogen (secondary N) is 2. The van der Waals surface area contributed by atoms with Gasteiger partial charge in [-0.3, -0.25) is 4.79 Å². The number of benzene rings is 1. The van der Waals surface area contributed by atoms with Crippen LogP contribution in [0.4, 0.5) is 0 Å². The number of nitrogens with two attached hydrogens (primary N) is 1. The fourth-order valence-corrected chi connectivity index (χ4v) is 2.93. The molecule has 0 heterocycles. The number of unbranched alkanes of at least 4 members (excludes halogenated alkanes) is 1. The maximum Gasteiger partial charge on any atom is 0.241 e. The summed E-state index contributed by atoms with van der Waals surface area (Å²) in [6.45, 7) is 2.53. The van der Waals surface area contributed by atoms with Crippen molar-refractivity contribution in [3.63, 3.8) is 0 Å². The fraction of sp³-hybridized carbons (Fsp3) is 0.462. The summed E-state index contributed by atoms with van der Waals surface area (Å²) < 4.78 is 26.5. The van der Waals surface area contributed by atoms with E-state index in [9.17, 15) is 13.2 Å². The second-order valence-corrected chi connectivity index (χ2v) is 6.73. The lowest BCUT2D eigenvalue weighted by Gasteiger charge is -2.14. The predicted molar refractivity (Wildman–Crippen MR) is 82.5 cm³/mol. The van der Waals surface area contributed by atoms with E-state index in [0.717, 1.165) is 12.8 Å². The van der Waals surface area contributed by atoms with E-state index in [1.165, 1.54) is 31.2 Å². The average molecular weight is 334 g/mol. The van der Waals surface area contributed by atoms with Crippen LogP contribution in [0.1, 0.15) is 19.8 Å². The van der Waals surface area contributed by atoms with Gasteiger partial charge in [0, 0.05) is 11.6 Å². The minimum Gasteiger partial charge on any atom is -0.355 e. The summed E-state index contributed by atoms with van der Waals surface area (Å²) >= 11 is 5.71.